The molecule has 1 aliphatic rings. The van der Waals surface area contributed by atoms with Gasteiger partial charge in [0.2, 0.25) is 0 Å². The molecule has 0 spiro atoms. The summed E-state index contributed by atoms with van der Waals surface area (Å²) in [7, 11) is 0. The van der Waals surface area contributed by atoms with Crippen LogP contribution in [0.4, 0.5) is 0 Å². The van der Waals surface area contributed by atoms with Crippen molar-refractivity contribution in [1.82, 2.24) is 5.32 Å². The van der Waals surface area contributed by atoms with E-state index in [2.05, 4.69) is 54.7 Å². The first-order valence-electron chi connectivity index (χ1n) is 7.69. The summed E-state index contributed by atoms with van der Waals surface area (Å²) in [4.78, 5) is 0. The Morgan fingerprint density at radius 1 is 1.14 bits per heavy atom. The van der Waals surface area contributed by atoms with Crippen LogP contribution in [0, 0.1) is 0 Å². The zero-order valence-corrected chi connectivity index (χ0v) is 12.5. The normalized spacial score (nSPS) is 19.5. The topological polar surface area (TPSA) is 41.5 Å². The Hall–Kier alpha value is -1.42. The van der Waals surface area contributed by atoms with Gasteiger partial charge in [0.15, 0.2) is 0 Å². The van der Waals surface area contributed by atoms with Crippen molar-refractivity contribution in [2.45, 2.75) is 31.4 Å². The van der Waals surface area contributed by atoms with E-state index in [0.29, 0.717) is 32.6 Å². The van der Waals surface area contributed by atoms with E-state index in [1.54, 1.807) is 0 Å². The molecule has 2 aromatic rings. The molecule has 21 heavy (non-hydrogen) atoms. The molecule has 112 valence electrons. The van der Waals surface area contributed by atoms with Crippen molar-refractivity contribution in [3.8, 4) is 0 Å². The summed E-state index contributed by atoms with van der Waals surface area (Å²) in [6, 6.07) is 15.2. The number of nitrogens with one attached hydrogen (secondary N) is 1. The molecule has 1 heterocycles. The van der Waals surface area contributed by atoms with E-state index in [1.165, 1.54) is 16.3 Å². The zero-order valence-electron chi connectivity index (χ0n) is 12.5. The second kappa shape index (κ2) is 6.14. The summed E-state index contributed by atoms with van der Waals surface area (Å²) in [5, 5.41) is 16.5. The van der Waals surface area contributed by atoms with Crippen LogP contribution in [0.15, 0.2) is 42.5 Å². The highest BCUT2D eigenvalue weighted by Crippen LogP contribution is 2.23. The summed E-state index contributed by atoms with van der Waals surface area (Å²) in [6.45, 7) is 4.07. The molecule has 2 aromatic carbocycles. The van der Waals surface area contributed by atoms with Gasteiger partial charge in [-0.1, -0.05) is 36.4 Å². The number of hydrogen-bond donors (Lipinski definition) is 2. The lowest BCUT2D eigenvalue weighted by Crippen LogP contribution is -2.45. The molecular formula is C18H23NO2. The average molecular weight is 285 g/mol. The zero-order chi connectivity index (χ0) is 14.7. The van der Waals surface area contributed by atoms with Gasteiger partial charge in [-0.25, -0.2) is 0 Å². The highest BCUT2D eigenvalue weighted by atomic mass is 16.5. The summed E-state index contributed by atoms with van der Waals surface area (Å²) in [6.07, 6.45) is 1.43. The van der Waals surface area contributed by atoms with Gasteiger partial charge in [0.25, 0.3) is 0 Å². The first-order valence-corrected chi connectivity index (χ1v) is 7.69. The van der Waals surface area contributed by atoms with Gasteiger partial charge in [-0.15, -0.1) is 0 Å². The maximum Gasteiger partial charge on any atom is 0.0815 e. The number of aliphatic hydroxyl groups is 1. The SMILES string of the molecule is CC(NCC1(O)CCOCC1)c1ccc2ccccc2c1. The Balaban J connectivity index is 1.67. The minimum atomic E-state index is -0.622. The number of rotatable bonds is 4. The molecule has 1 unspecified atom stereocenters. The van der Waals surface area contributed by atoms with E-state index in [0.717, 1.165) is 0 Å². The molecule has 0 radical (unpaired) electrons. The van der Waals surface area contributed by atoms with Gasteiger partial charge in [-0.3, -0.25) is 0 Å². The third-order valence-corrected chi connectivity index (χ3v) is 4.43. The van der Waals surface area contributed by atoms with Crippen LogP contribution in [0.2, 0.25) is 0 Å². The Morgan fingerprint density at radius 3 is 2.62 bits per heavy atom. The second-order valence-electron chi connectivity index (χ2n) is 6.05. The van der Waals surface area contributed by atoms with E-state index in [9.17, 15) is 5.11 Å². The molecule has 1 fully saturated rings. The van der Waals surface area contributed by atoms with Crippen molar-refractivity contribution in [1.29, 1.82) is 0 Å². The Bertz CT molecular complexity index is 605. The van der Waals surface area contributed by atoms with Gasteiger partial charge in [-0.05, 0) is 29.3 Å². The fourth-order valence-corrected chi connectivity index (χ4v) is 2.87. The highest BCUT2D eigenvalue weighted by Gasteiger charge is 2.29. The molecule has 0 bridgehead atoms. The van der Waals surface area contributed by atoms with Crippen LogP contribution < -0.4 is 5.32 Å². The third kappa shape index (κ3) is 3.43. The monoisotopic (exact) mass is 285 g/mol. The van der Waals surface area contributed by atoms with Crippen molar-refractivity contribution in [3.63, 3.8) is 0 Å². The van der Waals surface area contributed by atoms with Crippen LogP contribution >= 0.6 is 0 Å². The third-order valence-electron chi connectivity index (χ3n) is 4.43. The number of hydrogen-bond acceptors (Lipinski definition) is 3. The Labute approximate surface area is 125 Å². The quantitative estimate of drug-likeness (QED) is 0.907. The van der Waals surface area contributed by atoms with E-state index in [4.69, 9.17) is 4.74 Å². The lowest BCUT2D eigenvalue weighted by atomic mass is 9.93. The molecule has 1 atom stereocenters. The summed E-state index contributed by atoms with van der Waals surface area (Å²) in [5.41, 5.74) is 0.632. The molecule has 0 aromatic heterocycles. The number of benzene rings is 2. The average Bonchev–Trinajstić information content (AvgIpc) is 2.53. The maximum absolute atomic E-state index is 10.5. The Kier molecular flexibility index (Phi) is 4.24. The van der Waals surface area contributed by atoms with Crippen molar-refractivity contribution in [3.05, 3.63) is 48.0 Å². The predicted octanol–water partition coefficient (Wildman–Crippen LogP) is 3.03. The van der Waals surface area contributed by atoms with Gasteiger partial charge in [0, 0.05) is 38.6 Å². The summed E-state index contributed by atoms with van der Waals surface area (Å²) in [5.74, 6) is 0. The maximum atomic E-state index is 10.5. The largest absolute Gasteiger partial charge is 0.388 e. The molecule has 3 nitrogen and oxygen atoms in total. The molecular weight excluding hydrogens is 262 g/mol. The van der Waals surface area contributed by atoms with Crippen molar-refractivity contribution in [2.75, 3.05) is 19.8 Å². The number of fused-ring (bicyclic) bond motifs is 1. The van der Waals surface area contributed by atoms with Gasteiger partial charge < -0.3 is 15.2 Å². The fourth-order valence-electron chi connectivity index (χ4n) is 2.87. The first kappa shape index (κ1) is 14.5. The van der Waals surface area contributed by atoms with E-state index >= 15 is 0 Å². The molecule has 2 N–H and O–H groups in total. The van der Waals surface area contributed by atoms with E-state index < -0.39 is 5.60 Å². The van der Waals surface area contributed by atoms with Crippen molar-refractivity contribution >= 4 is 10.8 Å². The molecule has 3 rings (SSSR count). The summed E-state index contributed by atoms with van der Waals surface area (Å²) < 4.78 is 5.32. The van der Waals surface area contributed by atoms with Gasteiger partial charge in [0.1, 0.15) is 0 Å². The van der Waals surface area contributed by atoms with Crippen LogP contribution in [-0.2, 0) is 4.74 Å². The highest BCUT2D eigenvalue weighted by molar-refractivity contribution is 5.83. The molecule has 0 amide bonds. The fraction of sp³-hybridized carbons (Fsp3) is 0.444. The minimum absolute atomic E-state index is 0.224. The molecule has 3 heteroatoms. The van der Waals surface area contributed by atoms with Gasteiger partial charge >= 0.3 is 0 Å². The molecule has 1 saturated heterocycles. The standard InChI is InChI=1S/C18H23NO2/c1-14(19-13-18(20)8-10-21-11-9-18)16-7-6-15-4-2-3-5-17(15)12-16/h2-7,12,14,19-20H,8-11,13H2,1H3. The lowest BCUT2D eigenvalue weighted by Gasteiger charge is -2.33. The minimum Gasteiger partial charge on any atom is -0.388 e. The molecule has 0 saturated carbocycles. The van der Waals surface area contributed by atoms with Crippen LogP contribution in [0.3, 0.4) is 0 Å². The van der Waals surface area contributed by atoms with Crippen LogP contribution in [0.25, 0.3) is 10.8 Å². The predicted molar refractivity (Wildman–Crippen MR) is 85.4 cm³/mol. The van der Waals surface area contributed by atoms with Crippen LogP contribution in [0.5, 0.6) is 0 Å². The van der Waals surface area contributed by atoms with Crippen LogP contribution in [-0.4, -0.2) is 30.5 Å². The van der Waals surface area contributed by atoms with Gasteiger partial charge in [-0.2, -0.15) is 0 Å². The van der Waals surface area contributed by atoms with Crippen molar-refractivity contribution in [2.24, 2.45) is 0 Å². The smallest absolute Gasteiger partial charge is 0.0815 e. The lowest BCUT2D eigenvalue weighted by molar-refractivity contribution is -0.0626. The van der Waals surface area contributed by atoms with E-state index in [1.807, 2.05) is 0 Å². The van der Waals surface area contributed by atoms with E-state index in [-0.39, 0.29) is 6.04 Å². The first-order chi connectivity index (χ1) is 10.2. The van der Waals surface area contributed by atoms with Crippen LogP contribution in [0.1, 0.15) is 31.4 Å². The molecule has 0 aliphatic carbocycles. The second-order valence-corrected chi connectivity index (χ2v) is 6.05. The molecule has 1 aliphatic heterocycles. The Morgan fingerprint density at radius 2 is 1.86 bits per heavy atom. The number of ether oxygens (including phenoxy) is 1. The summed E-state index contributed by atoms with van der Waals surface area (Å²) >= 11 is 0. The van der Waals surface area contributed by atoms with Crippen molar-refractivity contribution < 1.29 is 9.84 Å². The van der Waals surface area contributed by atoms with Gasteiger partial charge in [0.05, 0.1) is 5.60 Å².